The third-order valence-electron chi connectivity index (χ3n) is 3.56. The summed E-state index contributed by atoms with van der Waals surface area (Å²) in [5.74, 6) is 0.0484. The van der Waals surface area contributed by atoms with Gasteiger partial charge in [0.2, 0.25) is 0 Å². The highest BCUT2D eigenvalue weighted by molar-refractivity contribution is 5.79. The van der Waals surface area contributed by atoms with Gasteiger partial charge < -0.3 is 4.74 Å². The van der Waals surface area contributed by atoms with E-state index in [0.717, 1.165) is 6.42 Å². The Bertz CT molecular complexity index is 467. The molecule has 0 heterocycles. The Balaban J connectivity index is 2.78. The van der Waals surface area contributed by atoms with E-state index in [1.54, 1.807) is 6.08 Å². The van der Waals surface area contributed by atoms with E-state index in [9.17, 15) is 4.79 Å². The number of rotatable bonds is 8. The third kappa shape index (κ3) is 5.54. The van der Waals surface area contributed by atoms with E-state index in [2.05, 4.69) is 37.6 Å². The molecule has 1 aromatic carbocycles. The number of benzene rings is 1. The molecule has 0 saturated carbocycles. The van der Waals surface area contributed by atoms with Crippen molar-refractivity contribution in [3.63, 3.8) is 0 Å². The van der Waals surface area contributed by atoms with Crippen LogP contribution in [-0.2, 0) is 9.53 Å². The summed E-state index contributed by atoms with van der Waals surface area (Å²) in [7, 11) is 0. The molecule has 0 N–H and O–H groups in total. The van der Waals surface area contributed by atoms with Crippen LogP contribution in [0.25, 0.3) is 0 Å². The Morgan fingerprint density at radius 1 is 1.33 bits per heavy atom. The van der Waals surface area contributed by atoms with Gasteiger partial charge in [-0.3, -0.25) is 4.99 Å². The van der Waals surface area contributed by atoms with Gasteiger partial charge >= 0.3 is 5.97 Å². The molecular weight excluding hydrogens is 262 g/mol. The first kappa shape index (κ1) is 17.2. The lowest BCUT2D eigenvalue weighted by atomic mass is 9.99. The summed E-state index contributed by atoms with van der Waals surface area (Å²) in [6.45, 7) is 9.93. The number of ether oxygens (including phenoxy) is 1. The van der Waals surface area contributed by atoms with Gasteiger partial charge in [0.05, 0.1) is 0 Å². The Morgan fingerprint density at radius 2 is 2.00 bits per heavy atom. The fourth-order valence-corrected chi connectivity index (χ4v) is 1.95. The molecule has 3 atom stereocenters. The SMILES string of the molecule is C=CCOC(=O)[C@@H](N=CC(C)c1ccccc1)[C@@H](C)CC. The van der Waals surface area contributed by atoms with Crippen molar-refractivity contribution >= 4 is 12.2 Å². The number of nitrogens with zero attached hydrogens (tertiary/aromatic N) is 1. The van der Waals surface area contributed by atoms with Gasteiger partial charge in [-0.25, -0.2) is 4.79 Å². The summed E-state index contributed by atoms with van der Waals surface area (Å²) in [5.41, 5.74) is 1.18. The lowest BCUT2D eigenvalue weighted by Crippen LogP contribution is -2.28. The first-order valence-corrected chi connectivity index (χ1v) is 7.45. The molecule has 1 rings (SSSR count). The molecule has 0 aliphatic rings. The van der Waals surface area contributed by atoms with E-state index in [-0.39, 0.29) is 24.4 Å². The topological polar surface area (TPSA) is 38.7 Å². The van der Waals surface area contributed by atoms with Crippen molar-refractivity contribution < 1.29 is 9.53 Å². The van der Waals surface area contributed by atoms with Gasteiger partial charge in [-0.2, -0.15) is 0 Å². The van der Waals surface area contributed by atoms with Gasteiger partial charge in [-0.15, -0.1) is 0 Å². The zero-order chi connectivity index (χ0) is 15.7. The first-order chi connectivity index (χ1) is 10.1. The highest BCUT2D eigenvalue weighted by Gasteiger charge is 2.24. The number of esters is 1. The van der Waals surface area contributed by atoms with Crippen molar-refractivity contribution in [1.82, 2.24) is 0 Å². The van der Waals surface area contributed by atoms with Crippen LogP contribution in [0.1, 0.15) is 38.7 Å². The molecule has 0 aliphatic heterocycles. The number of aliphatic imine (C=N–C) groups is 1. The number of hydrogen-bond acceptors (Lipinski definition) is 3. The normalized spacial score (nSPS) is 15.4. The van der Waals surface area contributed by atoms with Crippen molar-refractivity contribution in [2.75, 3.05) is 6.61 Å². The maximum Gasteiger partial charge on any atom is 0.331 e. The second-order valence-electron chi connectivity index (χ2n) is 5.25. The van der Waals surface area contributed by atoms with Gasteiger partial charge in [0.1, 0.15) is 12.6 Å². The Morgan fingerprint density at radius 3 is 2.57 bits per heavy atom. The Hall–Kier alpha value is -1.90. The monoisotopic (exact) mass is 287 g/mol. The molecule has 0 aliphatic carbocycles. The van der Waals surface area contributed by atoms with Crippen LogP contribution in [0, 0.1) is 5.92 Å². The molecule has 0 saturated heterocycles. The van der Waals surface area contributed by atoms with E-state index < -0.39 is 6.04 Å². The van der Waals surface area contributed by atoms with Crippen LogP contribution in [0.5, 0.6) is 0 Å². The molecular formula is C18H25NO2. The molecule has 3 nitrogen and oxygen atoms in total. The van der Waals surface area contributed by atoms with Gasteiger partial charge in [0.25, 0.3) is 0 Å². The Labute approximate surface area is 127 Å². The molecule has 0 spiro atoms. The van der Waals surface area contributed by atoms with E-state index in [0.29, 0.717) is 0 Å². The molecule has 21 heavy (non-hydrogen) atoms. The van der Waals surface area contributed by atoms with Crippen LogP contribution in [-0.4, -0.2) is 24.8 Å². The number of carbonyl (C=O) groups is 1. The highest BCUT2D eigenvalue weighted by Crippen LogP contribution is 2.16. The maximum absolute atomic E-state index is 12.1. The average Bonchev–Trinajstić information content (AvgIpc) is 2.53. The van der Waals surface area contributed by atoms with Crippen molar-refractivity contribution in [3.05, 3.63) is 48.6 Å². The zero-order valence-electron chi connectivity index (χ0n) is 13.2. The van der Waals surface area contributed by atoms with Crippen LogP contribution in [0.2, 0.25) is 0 Å². The molecule has 0 amide bonds. The highest BCUT2D eigenvalue weighted by atomic mass is 16.5. The molecule has 0 bridgehead atoms. The summed E-state index contributed by atoms with van der Waals surface area (Å²) in [4.78, 5) is 16.6. The summed E-state index contributed by atoms with van der Waals surface area (Å²) in [6, 6.07) is 9.67. The molecule has 114 valence electrons. The predicted octanol–water partition coefficient (Wildman–Crippen LogP) is 4.00. The second-order valence-corrected chi connectivity index (χ2v) is 5.25. The number of hydrogen-bond donors (Lipinski definition) is 0. The summed E-state index contributed by atoms with van der Waals surface area (Å²) < 4.78 is 5.14. The fraction of sp³-hybridized carbons (Fsp3) is 0.444. The summed E-state index contributed by atoms with van der Waals surface area (Å²) in [6.07, 6.45) is 4.30. The first-order valence-electron chi connectivity index (χ1n) is 7.45. The van der Waals surface area contributed by atoms with E-state index >= 15 is 0 Å². The molecule has 1 unspecified atom stereocenters. The smallest absolute Gasteiger partial charge is 0.331 e. The molecule has 0 aromatic heterocycles. The minimum Gasteiger partial charge on any atom is -0.460 e. The van der Waals surface area contributed by atoms with Gasteiger partial charge in [0.15, 0.2) is 0 Å². The van der Waals surface area contributed by atoms with E-state index in [1.165, 1.54) is 5.56 Å². The average molecular weight is 287 g/mol. The third-order valence-corrected chi connectivity index (χ3v) is 3.56. The lowest BCUT2D eigenvalue weighted by molar-refractivity contribution is -0.145. The van der Waals surface area contributed by atoms with Crippen molar-refractivity contribution in [3.8, 4) is 0 Å². The minimum absolute atomic E-state index is 0.154. The zero-order valence-corrected chi connectivity index (χ0v) is 13.2. The van der Waals surface area contributed by atoms with Gasteiger partial charge in [-0.1, -0.05) is 70.2 Å². The minimum atomic E-state index is -0.443. The fourth-order valence-electron chi connectivity index (χ4n) is 1.95. The standard InChI is InChI=1S/C18H25NO2/c1-5-12-21-18(20)17(14(3)6-2)19-13-15(4)16-10-8-7-9-11-16/h5,7-11,13-15,17H,1,6,12H2,2-4H3/t14-,15?,17-/m0/s1. The quantitative estimate of drug-likeness (QED) is 0.412. The van der Waals surface area contributed by atoms with Gasteiger partial charge in [0, 0.05) is 12.1 Å². The Kier molecular flexibility index (Phi) is 7.44. The second kappa shape index (κ2) is 9.11. The molecule has 1 aromatic rings. The van der Waals surface area contributed by atoms with E-state index in [1.807, 2.05) is 31.3 Å². The van der Waals surface area contributed by atoms with E-state index in [4.69, 9.17) is 4.74 Å². The van der Waals surface area contributed by atoms with Gasteiger partial charge in [-0.05, 0) is 11.5 Å². The lowest BCUT2D eigenvalue weighted by Gasteiger charge is -2.18. The molecule has 0 fully saturated rings. The van der Waals surface area contributed by atoms with Crippen LogP contribution in [0.4, 0.5) is 0 Å². The van der Waals surface area contributed by atoms with Crippen molar-refractivity contribution in [1.29, 1.82) is 0 Å². The van der Waals surface area contributed by atoms with Crippen LogP contribution < -0.4 is 0 Å². The van der Waals surface area contributed by atoms with Crippen LogP contribution >= 0.6 is 0 Å². The largest absolute Gasteiger partial charge is 0.460 e. The predicted molar refractivity (Wildman–Crippen MR) is 87.7 cm³/mol. The summed E-state index contributed by atoms with van der Waals surface area (Å²) in [5, 5.41) is 0. The number of carbonyl (C=O) groups excluding carboxylic acids is 1. The van der Waals surface area contributed by atoms with Crippen LogP contribution in [0.15, 0.2) is 48.0 Å². The maximum atomic E-state index is 12.1. The summed E-state index contributed by atoms with van der Waals surface area (Å²) >= 11 is 0. The van der Waals surface area contributed by atoms with Crippen molar-refractivity contribution in [2.24, 2.45) is 10.9 Å². The molecule has 0 radical (unpaired) electrons. The molecule has 3 heteroatoms. The van der Waals surface area contributed by atoms with Crippen LogP contribution in [0.3, 0.4) is 0 Å². The van der Waals surface area contributed by atoms with Crippen molar-refractivity contribution in [2.45, 2.75) is 39.2 Å².